The van der Waals surface area contributed by atoms with Gasteiger partial charge in [-0.3, -0.25) is 9.59 Å². The lowest BCUT2D eigenvalue weighted by Crippen LogP contribution is -2.24. The minimum absolute atomic E-state index is 0.258. The summed E-state index contributed by atoms with van der Waals surface area (Å²) in [4.78, 5) is 32.3. The number of halogens is 1. The van der Waals surface area contributed by atoms with Gasteiger partial charge in [0.25, 0.3) is 5.91 Å². The average Bonchev–Trinajstić information content (AvgIpc) is 2.48. The van der Waals surface area contributed by atoms with Gasteiger partial charge in [0.2, 0.25) is 5.91 Å². The van der Waals surface area contributed by atoms with Crippen LogP contribution in [0.2, 0.25) is 5.02 Å². The predicted molar refractivity (Wildman–Crippen MR) is 95.4 cm³/mol. The van der Waals surface area contributed by atoms with Gasteiger partial charge in [0.05, 0.1) is 15.8 Å². The van der Waals surface area contributed by atoms with Gasteiger partial charge in [-0.25, -0.2) is 9.97 Å². The van der Waals surface area contributed by atoms with Crippen molar-refractivity contribution in [2.45, 2.75) is 31.0 Å². The summed E-state index contributed by atoms with van der Waals surface area (Å²) in [5.41, 5.74) is 7.28. The van der Waals surface area contributed by atoms with Crippen LogP contribution in [0.4, 0.5) is 5.82 Å². The average molecular weight is 365 g/mol. The van der Waals surface area contributed by atoms with Gasteiger partial charge in [-0.1, -0.05) is 23.4 Å². The van der Waals surface area contributed by atoms with E-state index in [2.05, 4.69) is 15.3 Å². The topological polar surface area (TPSA) is 98.0 Å². The molecule has 0 aliphatic heterocycles. The van der Waals surface area contributed by atoms with E-state index in [1.807, 2.05) is 6.92 Å². The van der Waals surface area contributed by atoms with Crippen LogP contribution in [0.15, 0.2) is 29.4 Å². The Bertz CT molecular complexity index is 780. The van der Waals surface area contributed by atoms with Crippen molar-refractivity contribution in [1.82, 2.24) is 9.97 Å². The Balaban J connectivity index is 2.17. The standard InChI is InChI=1S/C16H17ClN4O2S/c1-8-6-9(2)20-16(13(8)14(18)22)24-10(3)15(23)21-12-5-4-11(17)7-19-12/h4-7,10H,1-3H3,(H2,18,22)(H,19,21,23). The highest BCUT2D eigenvalue weighted by molar-refractivity contribution is 8.00. The van der Waals surface area contributed by atoms with Crippen LogP contribution in [0, 0.1) is 13.8 Å². The zero-order valence-corrected chi connectivity index (χ0v) is 15.0. The molecule has 0 aromatic carbocycles. The summed E-state index contributed by atoms with van der Waals surface area (Å²) < 4.78 is 0. The zero-order chi connectivity index (χ0) is 17.9. The highest BCUT2D eigenvalue weighted by Crippen LogP contribution is 2.28. The first-order valence-electron chi connectivity index (χ1n) is 7.15. The second-order valence-electron chi connectivity index (χ2n) is 5.24. The van der Waals surface area contributed by atoms with Crippen molar-refractivity contribution in [3.05, 3.63) is 46.2 Å². The molecule has 0 aliphatic rings. The number of nitrogens with two attached hydrogens (primary N) is 1. The van der Waals surface area contributed by atoms with Crippen LogP contribution in [0.1, 0.15) is 28.5 Å². The molecule has 6 nitrogen and oxygen atoms in total. The highest BCUT2D eigenvalue weighted by Gasteiger charge is 2.21. The van der Waals surface area contributed by atoms with Crippen LogP contribution < -0.4 is 11.1 Å². The quantitative estimate of drug-likeness (QED) is 0.795. The molecule has 0 radical (unpaired) electrons. The summed E-state index contributed by atoms with van der Waals surface area (Å²) in [6, 6.07) is 5.03. The number of anilines is 1. The van der Waals surface area contributed by atoms with E-state index in [1.54, 1.807) is 32.0 Å². The van der Waals surface area contributed by atoms with Crippen molar-refractivity contribution < 1.29 is 9.59 Å². The molecule has 0 bridgehead atoms. The summed E-state index contributed by atoms with van der Waals surface area (Å²) in [5.74, 6) is -0.416. The zero-order valence-electron chi connectivity index (χ0n) is 13.5. The van der Waals surface area contributed by atoms with Crippen LogP contribution in [0.3, 0.4) is 0 Å². The minimum atomic E-state index is -0.561. The molecular weight excluding hydrogens is 348 g/mol. The summed E-state index contributed by atoms with van der Waals surface area (Å²) in [7, 11) is 0. The summed E-state index contributed by atoms with van der Waals surface area (Å²) in [5, 5.41) is 3.14. The van der Waals surface area contributed by atoms with E-state index in [0.29, 0.717) is 21.4 Å². The van der Waals surface area contributed by atoms with Gasteiger partial charge in [-0.15, -0.1) is 0 Å². The molecule has 24 heavy (non-hydrogen) atoms. The minimum Gasteiger partial charge on any atom is -0.366 e. The van der Waals surface area contributed by atoms with Crippen LogP contribution in [-0.2, 0) is 4.79 Å². The van der Waals surface area contributed by atoms with E-state index in [9.17, 15) is 9.59 Å². The fraction of sp³-hybridized carbons (Fsp3) is 0.250. The molecule has 2 aromatic heterocycles. The Morgan fingerprint density at radius 1 is 1.33 bits per heavy atom. The second kappa shape index (κ2) is 7.63. The Labute approximate surface area is 149 Å². The van der Waals surface area contributed by atoms with Crippen molar-refractivity contribution in [2.75, 3.05) is 5.32 Å². The summed E-state index contributed by atoms with van der Waals surface area (Å²) in [6.07, 6.45) is 1.45. The van der Waals surface area contributed by atoms with Crippen LogP contribution in [0.5, 0.6) is 0 Å². The molecule has 8 heteroatoms. The first-order chi connectivity index (χ1) is 11.3. The van der Waals surface area contributed by atoms with Gasteiger partial charge in [0, 0.05) is 11.9 Å². The lowest BCUT2D eigenvalue weighted by Gasteiger charge is -2.14. The lowest BCUT2D eigenvalue weighted by molar-refractivity contribution is -0.115. The molecule has 0 saturated carbocycles. The number of aromatic nitrogens is 2. The van der Waals surface area contributed by atoms with Gasteiger partial charge in [-0.2, -0.15) is 0 Å². The largest absolute Gasteiger partial charge is 0.366 e. The van der Waals surface area contributed by atoms with Gasteiger partial charge in [-0.05, 0) is 44.5 Å². The molecule has 2 aromatic rings. The summed E-state index contributed by atoms with van der Waals surface area (Å²) >= 11 is 6.94. The van der Waals surface area contributed by atoms with Crippen molar-refractivity contribution in [3.63, 3.8) is 0 Å². The van der Waals surface area contributed by atoms with Crippen molar-refractivity contribution in [3.8, 4) is 0 Å². The molecule has 1 unspecified atom stereocenters. The SMILES string of the molecule is Cc1cc(C)c(C(N)=O)c(SC(C)C(=O)Nc2ccc(Cl)cn2)n1. The second-order valence-corrected chi connectivity index (χ2v) is 7.00. The fourth-order valence-electron chi connectivity index (χ4n) is 2.09. The van der Waals surface area contributed by atoms with E-state index in [4.69, 9.17) is 17.3 Å². The molecule has 0 aliphatic carbocycles. The molecular formula is C16H17ClN4O2S. The molecule has 0 saturated heterocycles. The van der Waals surface area contributed by atoms with Crippen LogP contribution in [0.25, 0.3) is 0 Å². The highest BCUT2D eigenvalue weighted by atomic mass is 35.5. The van der Waals surface area contributed by atoms with Gasteiger partial charge in [0.15, 0.2) is 0 Å². The molecule has 0 fully saturated rings. The number of aryl methyl sites for hydroxylation is 2. The van der Waals surface area contributed by atoms with Crippen LogP contribution in [-0.4, -0.2) is 27.0 Å². The summed E-state index contributed by atoms with van der Waals surface area (Å²) in [6.45, 7) is 5.34. The molecule has 3 N–H and O–H groups in total. The van der Waals surface area contributed by atoms with Gasteiger partial charge in [0.1, 0.15) is 10.8 Å². The number of hydrogen-bond acceptors (Lipinski definition) is 5. The smallest absolute Gasteiger partial charge is 0.251 e. The number of carbonyl (C=O) groups excluding carboxylic acids is 2. The monoisotopic (exact) mass is 364 g/mol. The third kappa shape index (κ3) is 4.46. The number of nitrogens with one attached hydrogen (secondary N) is 1. The Hall–Kier alpha value is -2.12. The maximum Gasteiger partial charge on any atom is 0.251 e. The van der Waals surface area contributed by atoms with Crippen LogP contribution >= 0.6 is 23.4 Å². The van der Waals surface area contributed by atoms with E-state index in [0.717, 1.165) is 11.3 Å². The Morgan fingerprint density at radius 3 is 2.62 bits per heavy atom. The number of carbonyl (C=O) groups is 2. The fourth-order valence-corrected chi connectivity index (χ4v) is 3.27. The molecule has 0 spiro atoms. The number of amides is 2. The molecule has 2 heterocycles. The molecule has 1 atom stereocenters. The van der Waals surface area contributed by atoms with E-state index in [1.165, 1.54) is 18.0 Å². The molecule has 2 rings (SSSR count). The number of rotatable bonds is 5. The lowest BCUT2D eigenvalue weighted by atomic mass is 10.1. The molecule has 126 valence electrons. The predicted octanol–water partition coefficient (Wildman–Crippen LogP) is 2.97. The normalized spacial score (nSPS) is 11.8. The van der Waals surface area contributed by atoms with Crippen molar-refractivity contribution >= 4 is 41.0 Å². The maximum atomic E-state index is 12.3. The first kappa shape index (κ1) is 18.2. The van der Waals surface area contributed by atoms with E-state index >= 15 is 0 Å². The third-order valence-electron chi connectivity index (χ3n) is 3.19. The number of pyridine rings is 2. The Kier molecular flexibility index (Phi) is 5.80. The van der Waals surface area contributed by atoms with Crippen molar-refractivity contribution in [1.29, 1.82) is 0 Å². The van der Waals surface area contributed by atoms with Gasteiger partial charge < -0.3 is 11.1 Å². The maximum absolute atomic E-state index is 12.3. The van der Waals surface area contributed by atoms with E-state index in [-0.39, 0.29) is 5.91 Å². The first-order valence-corrected chi connectivity index (χ1v) is 8.41. The van der Waals surface area contributed by atoms with E-state index < -0.39 is 11.2 Å². The third-order valence-corrected chi connectivity index (χ3v) is 4.50. The number of hydrogen-bond donors (Lipinski definition) is 2. The Morgan fingerprint density at radius 2 is 2.04 bits per heavy atom. The number of nitrogens with zero attached hydrogens (tertiary/aromatic N) is 2. The number of primary amides is 1. The molecule has 2 amide bonds. The van der Waals surface area contributed by atoms with Crippen molar-refractivity contribution in [2.24, 2.45) is 5.73 Å². The van der Waals surface area contributed by atoms with Gasteiger partial charge >= 0.3 is 0 Å². The number of thioether (sulfide) groups is 1.